The van der Waals surface area contributed by atoms with Gasteiger partial charge in [0.15, 0.2) is 0 Å². The lowest BCUT2D eigenvalue weighted by Crippen LogP contribution is -2.23. The van der Waals surface area contributed by atoms with Crippen molar-refractivity contribution in [2.75, 3.05) is 20.1 Å². The Morgan fingerprint density at radius 2 is 1.11 bits per heavy atom. The van der Waals surface area contributed by atoms with Gasteiger partial charge in [-0.25, -0.2) is 0 Å². The van der Waals surface area contributed by atoms with Crippen molar-refractivity contribution in [1.29, 1.82) is 0 Å². The Labute approximate surface area is 167 Å². The van der Waals surface area contributed by atoms with E-state index in [9.17, 15) is 0 Å². The lowest BCUT2D eigenvalue weighted by molar-refractivity contribution is 0.223. The van der Waals surface area contributed by atoms with Gasteiger partial charge in [-0.1, -0.05) is 93.6 Å². The van der Waals surface area contributed by atoms with E-state index in [0.717, 1.165) is 25.9 Å². The maximum absolute atomic E-state index is 3.94. The van der Waals surface area contributed by atoms with Crippen LogP contribution >= 0.6 is 0 Å². The van der Waals surface area contributed by atoms with Crippen LogP contribution in [0.3, 0.4) is 0 Å². The minimum absolute atomic E-state index is 1.09. The molecule has 3 rings (SSSR count). The summed E-state index contributed by atoms with van der Waals surface area (Å²) in [5.74, 6) is 0. The van der Waals surface area contributed by atoms with Crippen LogP contribution in [0.25, 0.3) is 0 Å². The molecule has 0 aliphatic carbocycles. The van der Waals surface area contributed by atoms with Gasteiger partial charge in [-0.3, -0.25) is 5.01 Å². The van der Waals surface area contributed by atoms with Gasteiger partial charge in [0.25, 0.3) is 0 Å². The number of nitrogens with zero attached hydrogens (tertiary/aromatic N) is 3. The molecular weight excluding hydrogens is 330 g/mol. The Balaban J connectivity index is 0.000000359. The first kappa shape index (κ1) is 24.8. The largest absolute Gasteiger partial charge is 0.279 e. The van der Waals surface area contributed by atoms with Gasteiger partial charge in [0.05, 0.1) is 7.05 Å². The van der Waals surface area contributed by atoms with Crippen molar-refractivity contribution in [3.63, 3.8) is 0 Å². The van der Waals surface area contributed by atoms with Crippen LogP contribution in [-0.4, -0.2) is 25.1 Å². The molecule has 3 nitrogen and oxygen atoms in total. The molecule has 0 unspecified atom stereocenters. The van der Waals surface area contributed by atoms with E-state index < -0.39 is 0 Å². The van der Waals surface area contributed by atoms with E-state index in [4.69, 9.17) is 0 Å². The monoisotopic (exact) mass is 369 g/mol. The highest BCUT2D eigenvalue weighted by atomic mass is 15.5. The molecule has 0 atom stereocenters. The topological polar surface area (TPSA) is 28.0 Å². The van der Waals surface area contributed by atoms with Crippen LogP contribution in [-0.2, 0) is 12.8 Å². The molecule has 0 aromatic heterocycles. The maximum atomic E-state index is 3.94. The van der Waals surface area contributed by atoms with Gasteiger partial charge in [-0.15, -0.1) is 0 Å². The van der Waals surface area contributed by atoms with Gasteiger partial charge in [-0.2, -0.15) is 5.11 Å². The highest BCUT2D eigenvalue weighted by Gasteiger charge is 2.05. The van der Waals surface area contributed by atoms with Crippen molar-refractivity contribution >= 4 is 0 Å². The van der Waals surface area contributed by atoms with Crippen LogP contribution in [0.4, 0.5) is 0 Å². The fourth-order valence-electron chi connectivity index (χ4n) is 2.52. The summed E-state index contributed by atoms with van der Waals surface area (Å²) in [7, 11) is 1.72. The Hall–Kier alpha value is -2.16. The number of piperidine rings is 1. The van der Waals surface area contributed by atoms with Gasteiger partial charge < -0.3 is 0 Å². The molecule has 1 aliphatic rings. The third-order valence-electron chi connectivity index (χ3n) is 4.05. The van der Waals surface area contributed by atoms with Crippen LogP contribution in [0.1, 0.15) is 58.1 Å². The quantitative estimate of drug-likeness (QED) is 0.536. The van der Waals surface area contributed by atoms with E-state index in [-0.39, 0.29) is 0 Å². The van der Waals surface area contributed by atoms with Gasteiger partial charge in [0.1, 0.15) is 0 Å². The number of hydrogen-bond donors (Lipinski definition) is 0. The molecule has 2 aromatic carbocycles. The SMILES string of the molecule is CC.CCc1ccccc1.CCc1ccccc1.CN=NN1CCCCC1. The van der Waals surface area contributed by atoms with Gasteiger partial charge in [0.2, 0.25) is 0 Å². The first-order valence-electron chi connectivity index (χ1n) is 10.4. The highest BCUT2D eigenvalue weighted by molar-refractivity contribution is 5.14. The number of aryl methyl sites for hydroxylation is 2. The molecule has 0 amide bonds. The van der Waals surface area contributed by atoms with Crippen LogP contribution in [0.5, 0.6) is 0 Å². The summed E-state index contributed by atoms with van der Waals surface area (Å²) >= 11 is 0. The zero-order valence-electron chi connectivity index (χ0n) is 18.1. The molecule has 0 spiro atoms. The molecule has 0 saturated carbocycles. The summed E-state index contributed by atoms with van der Waals surface area (Å²) in [6.45, 7) is 10.5. The Bertz CT molecular complexity index is 507. The van der Waals surface area contributed by atoms with Crippen LogP contribution in [0.15, 0.2) is 71.0 Å². The maximum Gasteiger partial charge on any atom is 0.0509 e. The summed E-state index contributed by atoms with van der Waals surface area (Å²) in [6.07, 6.45) is 6.19. The summed E-state index contributed by atoms with van der Waals surface area (Å²) in [6, 6.07) is 20.9. The normalized spacial score (nSPS) is 12.7. The molecule has 0 N–H and O–H groups in total. The predicted molar refractivity (Wildman–Crippen MR) is 119 cm³/mol. The third-order valence-corrected chi connectivity index (χ3v) is 4.05. The summed E-state index contributed by atoms with van der Waals surface area (Å²) in [5.41, 5.74) is 2.82. The standard InChI is InChI=1S/2C8H10.C6H13N3.C2H6/c2*1-2-8-6-4-3-5-7-8;1-7-8-9-5-3-2-4-6-9;1-2/h2*3-7H,2H2,1H3;2-6H2,1H3;1-2H3. The van der Waals surface area contributed by atoms with Crippen LogP contribution in [0, 0.1) is 0 Å². The first-order chi connectivity index (χ1) is 13.3. The van der Waals surface area contributed by atoms with E-state index in [2.05, 4.69) is 72.7 Å². The molecule has 3 heteroatoms. The van der Waals surface area contributed by atoms with Crippen molar-refractivity contribution in [3.8, 4) is 0 Å². The first-order valence-corrected chi connectivity index (χ1v) is 10.4. The highest BCUT2D eigenvalue weighted by Crippen LogP contribution is 2.08. The van der Waals surface area contributed by atoms with E-state index in [1.165, 1.54) is 30.4 Å². The van der Waals surface area contributed by atoms with Crippen molar-refractivity contribution in [1.82, 2.24) is 5.01 Å². The second-order valence-corrected chi connectivity index (χ2v) is 5.98. The number of rotatable bonds is 3. The van der Waals surface area contributed by atoms with E-state index in [1.54, 1.807) is 7.05 Å². The average molecular weight is 370 g/mol. The fraction of sp³-hybridized carbons (Fsp3) is 0.500. The molecule has 27 heavy (non-hydrogen) atoms. The van der Waals surface area contributed by atoms with Crippen molar-refractivity contribution in [2.45, 2.75) is 59.8 Å². The molecule has 2 aromatic rings. The minimum Gasteiger partial charge on any atom is -0.279 e. The molecule has 1 aliphatic heterocycles. The van der Waals surface area contributed by atoms with Gasteiger partial charge in [-0.05, 0) is 43.2 Å². The number of benzene rings is 2. The Kier molecular flexibility index (Phi) is 17.1. The fourth-order valence-corrected chi connectivity index (χ4v) is 2.52. The molecule has 1 fully saturated rings. The summed E-state index contributed by atoms with van der Waals surface area (Å²) < 4.78 is 0. The lowest BCUT2D eigenvalue weighted by Gasteiger charge is -2.21. The Morgan fingerprint density at radius 1 is 0.704 bits per heavy atom. The molecule has 150 valence electrons. The Morgan fingerprint density at radius 3 is 1.41 bits per heavy atom. The zero-order valence-corrected chi connectivity index (χ0v) is 18.1. The van der Waals surface area contributed by atoms with Crippen LogP contribution < -0.4 is 0 Å². The molecule has 1 heterocycles. The van der Waals surface area contributed by atoms with Crippen molar-refractivity contribution < 1.29 is 0 Å². The molecule has 1 saturated heterocycles. The van der Waals surface area contributed by atoms with Crippen molar-refractivity contribution in [3.05, 3.63) is 71.8 Å². The van der Waals surface area contributed by atoms with E-state index in [1.807, 2.05) is 31.0 Å². The summed E-state index contributed by atoms with van der Waals surface area (Å²) in [5, 5.41) is 9.68. The lowest BCUT2D eigenvalue weighted by atomic mass is 10.2. The van der Waals surface area contributed by atoms with Crippen LogP contribution in [0.2, 0.25) is 0 Å². The van der Waals surface area contributed by atoms with Crippen molar-refractivity contribution in [2.24, 2.45) is 10.3 Å². The zero-order chi connectivity index (χ0) is 20.2. The van der Waals surface area contributed by atoms with Gasteiger partial charge >= 0.3 is 0 Å². The molecular formula is C24H39N3. The second-order valence-electron chi connectivity index (χ2n) is 5.98. The second kappa shape index (κ2) is 18.6. The molecule has 0 radical (unpaired) electrons. The number of hydrogen-bond acceptors (Lipinski definition) is 2. The van der Waals surface area contributed by atoms with E-state index in [0.29, 0.717) is 0 Å². The van der Waals surface area contributed by atoms with E-state index >= 15 is 0 Å². The minimum atomic E-state index is 1.09. The predicted octanol–water partition coefficient (Wildman–Crippen LogP) is 6.99. The third kappa shape index (κ3) is 13.7. The van der Waals surface area contributed by atoms with Gasteiger partial charge in [0, 0.05) is 13.1 Å². The summed E-state index contributed by atoms with van der Waals surface area (Å²) in [4.78, 5) is 0. The average Bonchev–Trinajstić information content (AvgIpc) is 2.78. The smallest absolute Gasteiger partial charge is 0.0509 e. The molecule has 0 bridgehead atoms.